The molecule has 0 heterocycles. The maximum atomic E-state index is 13.0. The van der Waals surface area contributed by atoms with E-state index in [9.17, 15) is 4.39 Å². The first-order valence-electron chi connectivity index (χ1n) is 6.36. The summed E-state index contributed by atoms with van der Waals surface area (Å²) in [5.41, 5.74) is 1.73. The summed E-state index contributed by atoms with van der Waals surface area (Å²) in [6.07, 6.45) is 1.70. The molecule has 0 saturated carbocycles. The minimum atomic E-state index is -0.262. The van der Waals surface area contributed by atoms with Crippen LogP contribution in [0.1, 0.15) is 11.1 Å². The fourth-order valence-electron chi connectivity index (χ4n) is 1.67. The lowest BCUT2D eigenvalue weighted by Crippen LogP contribution is -1.96. The Bertz CT molecular complexity index is 567. The maximum Gasteiger partial charge on any atom is 0.123 e. The summed E-state index contributed by atoms with van der Waals surface area (Å²) in [5.74, 6) is 0.454. The number of hydrogen-bond donors (Lipinski definition) is 1. The first-order chi connectivity index (χ1) is 9.78. The van der Waals surface area contributed by atoms with Crippen molar-refractivity contribution < 1.29 is 14.2 Å². The van der Waals surface area contributed by atoms with Crippen LogP contribution in [0.25, 0.3) is 0 Å². The normalized spacial score (nSPS) is 10.9. The van der Waals surface area contributed by atoms with Gasteiger partial charge in [0, 0.05) is 6.21 Å². The Kier molecular flexibility index (Phi) is 5.26. The minimum absolute atomic E-state index is 0.0470. The van der Waals surface area contributed by atoms with Gasteiger partial charge in [-0.05, 0) is 47.5 Å². The molecule has 0 aliphatic carbocycles. The van der Waals surface area contributed by atoms with Crippen LogP contribution in [0.15, 0.2) is 53.5 Å². The molecule has 0 radical (unpaired) electrons. The lowest BCUT2D eigenvalue weighted by molar-refractivity contribution is 0.305. The van der Waals surface area contributed by atoms with Gasteiger partial charge in [0.05, 0.1) is 13.2 Å². The first kappa shape index (κ1) is 14.2. The Morgan fingerprint density at radius 2 is 1.95 bits per heavy atom. The van der Waals surface area contributed by atoms with E-state index in [1.54, 1.807) is 12.3 Å². The monoisotopic (exact) mass is 273 g/mol. The molecule has 0 fully saturated rings. The number of nitrogens with zero attached hydrogens (tertiary/aromatic N) is 1. The van der Waals surface area contributed by atoms with Crippen LogP contribution in [0, 0.1) is 5.82 Å². The summed E-state index contributed by atoms with van der Waals surface area (Å²) in [7, 11) is 0. The van der Waals surface area contributed by atoms with Crippen molar-refractivity contribution in [2.45, 2.75) is 6.61 Å². The van der Waals surface area contributed by atoms with Gasteiger partial charge in [-0.1, -0.05) is 12.1 Å². The molecule has 1 N–H and O–H groups in total. The summed E-state index contributed by atoms with van der Waals surface area (Å²) >= 11 is 0. The molecule has 0 bridgehead atoms. The Morgan fingerprint density at radius 3 is 2.65 bits per heavy atom. The van der Waals surface area contributed by atoms with Crippen molar-refractivity contribution in [2.75, 3.05) is 13.2 Å². The van der Waals surface area contributed by atoms with Gasteiger partial charge in [0.1, 0.15) is 18.2 Å². The maximum absolute atomic E-state index is 13.0. The number of halogens is 1. The second kappa shape index (κ2) is 7.40. The van der Waals surface area contributed by atoms with Crippen molar-refractivity contribution >= 4 is 6.21 Å². The number of ether oxygens (including phenoxy) is 1. The molecule has 20 heavy (non-hydrogen) atoms. The van der Waals surface area contributed by atoms with Gasteiger partial charge in [-0.2, -0.15) is 0 Å². The number of rotatable bonds is 6. The Labute approximate surface area is 117 Å². The SMILES string of the molecule is OCCN=Cc1ccc(OCc2cccc(F)c2)cc1. The zero-order valence-electron chi connectivity index (χ0n) is 11.0. The van der Waals surface area contributed by atoms with Crippen LogP contribution in [0.4, 0.5) is 4.39 Å². The summed E-state index contributed by atoms with van der Waals surface area (Å²) < 4.78 is 18.6. The van der Waals surface area contributed by atoms with Crippen LogP contribution in [-0.4, -0.2) is 24.5 Å². The minimum Gasteiger partial charge on any atom is -0.489 e. The number of benzene rings is 2. The second-order valence-corrected chi connectivity index (χ2v) is 4.25. The third kappa shape index (κ3) is 4.48. The third-order valence-corrected chi connectivity index (χ3v) is 2.64. The predicted molar refractivity (Wildman–Crippen MR) is 76.7 cm³/mol. The molecule has 0 saturated heterocycles. The Morgan fingerprint density at radius 1 is 1.15 bits per heavy atom. The fraction of sp³-hybridized carbons (Fsp3) is 0.188. The van der Waals surface area contributed by atoms with Crippen molar-refractivity contribution in [3.05, 3.63) is 65.5 Å². The molecular weight excluding hydrogens is 257 g/mol. The van der Waals surface area contributed by atoms with Gasteiger partial charge in [0.2, 0.25) is 0 Å². The molecule has 2 rings (SSSR count). The van der Waals surface area contributed by atoms with Crippen LogP contribution in [0.5, 0.6) is 5.75 Å². The Balaban J connectivity index is 1.90. The molecule has 2 aromatic carbocycles. The average Bonchev–Trinajstić information content (AvgIpc) is 2.47. The summed E-state index contributed by atoms with van der Waals surface area (Å²) in [6, 6.07) is 13.8. The number of aliphatic hydroxyl groups excluding tert-OH is 1. The van der Waals surface area contributed by atoms with E-state index >= 15 is 0 Å². The highest BCUT2D eigenvalue weighted by Gasteiger charge is 1.98. The highest BCUT2D eigenvalue weighted by molar-refractivity contribution is 5.79. The van der Waals surface area contributed by atoms with Gasteiger partial charge >= 0.3 is 0 Å². The standard InChI is InChI=1S/C16H16FNO2/c17-15-3-1-2-14(10-15)12-20-16-6-4-13(5-7-16)11-18-8-9-19/h1-7,10-11,19H,8-9,12H2. The van der Waals surface area contributed by atoms with Gasteiger partial charge < -0.3 is 9.84 Å². The zero-order chi connectivity index (χ0) is 14.2. The lowest BCUT2D eigenvalue weighted by Gasteiger charge is -2.06. The van der Waals surface area contributed by atoms with Crippen molar-refractivity contribution in [2.24, 2.45) is 4.99 Å². The van der Waals surface area contributed by atoms with Gasteiger partial charge in [-0.25, -0.2) is 4.39 Å². The smallest absolute Gasteiger partial charge is 0.123 e. The van der Waals surface area contributed by atoms with E-state index in [-0.39, 0.29) is 12.4 Å². The highest BCUT2D eigenvalue weighted by Crippen LogP contribution is 2.14. The number of aliphatic imine (C=N–C) groups is 1. The van der Waals surface area contributed by atoms with Gasteiger partial charge in [-0.3, -0.25) is 4.99 Å². The molecule has 104 valence electrons. The van der Waals surface area contributed by atoms with Gasteiger partial charge in [0.25, 0.3) is 0 Å². The zero-order valence-corrected chi connectivity index (χ0v) is 11.0. The molecule has 4 heteroatoms. The van der Waals surface area contributed by atoms with E-state index in [1.165, 1.54) is 12.1 Å². The molecule has 0 aliphatic rings. The van der Waals surface area contributed by atoms with Crippen molar-refractivity contribution in [1.29, 1.82) is 0 Å². The van der Waals surface area contributed by atoms with Gasteiger partial charge in [0.15, 0.2) is 0 Å². The molecular formula is C16H16FNO2. The average molecular weight is 273 g/mol. The van der Waals surface area contributed by atoms with Crippen LogP contribution in [0.2, 0.25) is 0 Å². The largest absolute Gasteiger partial charge is 0.489 e. The van der Waals surface area contributed by atoms with Crippen LogP contribution in [-0.2, 0) is 6.61 Å². The molecule has 0 amide bonds. The van der Waals surface area contributed by atoms with E-state index in [2.05, 4.69) is 4.99 Å². The third-order valence-electron chi connectivity index (χ3n) is 2.64. The first-order valence-corrected chi connectivity index (χ1v) is 6.36. The van der Waals surface area contributed by atoms with E-state index < -0.39 is 0 Å². The summed E-state index contributed by atoms with van der Waals surface area (Å²) in [6.45, 7) is 0.777. The van der Waals surface area contributed by atoms with E-state index in [4.69, 9.17) is 9.84 Å². The highest BCUT2D eigenvalue weighted by atomic mass is 19.1. The molecule has 0 aromatic heterocycles. The van der Waals surface area contributed by atoms with E-state index in [0.29, 0.717) is 18.9 Å². The molecule has 2 aromatic rings. The molecule has 0 unspecified atom stereocenters. The Hall–Kier alpha value is -2.20. The molecule has 0 atom stereocenters. The van der Waals surface area contributed by atoms with E-state index in [0.717, 1.165) is 11.1 Å². The van der Waals surface area contributed by atoms with Crippen LogP contribution >= 0.6 is 0 Å². The molecule has 0 aliphatic heterocycles. The van der Waals surface area contributed by atoms with Gasteiger partial charge in [-0.15, -0.1) is 0 Å². The summed E-state index contributed by atoms with van der Waals surface area (Å²) in [5, 5.41) is 8.63. The van der Waals surface area contributed by atoms with Crippen molar-refractivity contribution in [3.8, 4) is 5.75 Å². The fourth-order valence-corrected chi connectivity index (χ4v) is 1.67. The van der Waals surface area contributed by atoms with Crippen LogP contribution < -0.4 is 4.74 Å². The topological polar surface area (TPSA) is 41.8 Å². The number of hydrogen-bond acceptors (Lipinski definition) is 3. The second-order valence-electron chi connectivity index (χ2n) is 4.25. The summed E-state index contributed by atoms with van der Waals surface area (Å²) in [4.78, 5) is 4.04. The van der Waals surface area contributed by atoms with Crippen molar-refractivity contribution in [3.63, 3.8) is 0 Å². The lowest BCUT2D eigenvalue weighted by atomic mass is 10.2. The van der Waals surface area contributed by atoms with E-state index in [1.807, 2.05) is 30.3 Å². The molecule has 3 nitrogen and oxygen atoms in total. The predicted octanol–water partition coefficient (Wildman–Crippen LogP) is 2.82. The quantitative estimate of drug-likeness (QED) is 0.822. The number of aliphatic hydroxyl groups is 1. The van der Waals surface area contributed by atoms with Crippen LogP contribution in [0.3, 0.4) is 0 Å². The van der Waals surface area contributed by atoms with Crippen molar-refractivity contribution in [1.82, 2.24) is 0 Å². The molecule has 0 spiro atoms.